The van der Waals surface area contributed by atoms with Crippen molar-refractivity contribution in [2.24, 2.45) is 0 Å². The number of hydrogen-bond donors (Lipinski definition) is 2. The van der Waals surface area contributed by atoms with Crippen LogP contribution in [0.2, 0.25) is 0 Å². The summed E-state index contributed by atoms with van der Waals surface area (Å²) in [4.78, 5) is 21.0. The highest BCUT2D eigenvalue weighted by Gasteiger charge is 2.31. The Balaban J connectivity index is 3.04. The fourth-order valence-corrected chi connectivity index (χ4v) is 1.36. The maximum absolute atomic E-state index is 12.6. The molecule has 0 fully saturated rings. The molecular formula is C11H12F3N3O3. The molecule has 20 heavy (non-hydrogen) atoms. The summed E-state index contributed by atoms with van der Waals surface area (Å²) in [5.41, 5.74) is 0.792. The lowest BCUT2D eigenvalue weighted by atomic mass is 10.1. The molecule has 1 rings (SSSR count). The third-order valence-electron chi connectivity index (χ3n) is 2.21. The normalized spacial score (nSPS) is 11.1. The fraction of sp³-hybridized carbons (Fsp3) is 0.273. The van der Waals surface area contributed by atoms with Crippen molar-refractivity contribution in [2.45, 2.75) is 6.18 Å². The molecule has 1 aromatic rings. The summed E-state index contributed by atoms with van der Waals surface area (Å²) in [6.07, 6.45) is -4.56. The van der Waals surface area contributed by atoms with E-state index in [1.54, 1.807) is 0 Å². The summed E-state index contributed by atoms with van der Waals surface area (Å²) < 4.78 is 37.7. The summed E-state index contributed by atoms with van der Waals surface area (Å²) in [7, 11) is 2.30. The van der Waals surface area contributed by atoms with Crippen LogP contribution in [-0.4, -0.2) is 31.1 Å². The quantitative estimate of drug-likeness (QED) is 0.506. The Kier molecular flexibility index (Phi) is 5.06. The van der Waals surface area contributed by atoms with Crippen molar-refractivity contribution in [3.8, 4) is 0 Å². The number of rotatable bonds is 3. The molecule has 0 atom stereocenters. The number of halogens is 3. The van der Waals surface area contributed by atoms with Gasteiger partial charge in [0.1, 0.15) is 0 Å². The topological polar surface area (TPSA) is 74.7 Å². The number of benzene rings is 1. The summed E-state index contributed by atoms with van der Waals surface area (Å²) in [5, 5.41) is 7.88. The Morgan fingerprint density at radius 3 is 2.50 bits per heavy atom. The second kappa shape index (κ2) is 6.35. The molecule has 0 aromatic heterocycles. The third kappa shape index (κ3) is 3.68. The lowest BCUT2D eigenvalue weighted by molar-refractivity contribution is -0.137. The van der Waals surface area contributed by atoms with Crippen LogP contribution in [0.4, 0.5) is 13.2 Å². The smallest absolute Gasteiger partial charge is 0.277 e. The Morgan fingerprint density at radius 2 is 2.00 bits per heavy atom. The lowest BCUT2D eigenvalue weighted by Gasteiger charge is -2.20. The van der Waals surface area contributed by atoms with Gasteiger partial charge in [-0.1, -0.05) is 6.07 Å². The molecule has 0 bridgehead atoms. The fourth-order valence-electron chi connectivity index (χ4n) is 1.36. The van der Waals surface area contributed by atoms with Crippen LogP contribution in [0, 0.1) is 5.41 Å². The van der Waals surface area contributed by atoms with E-state index in [9.17, 15) is 18.0 Å². The lowest BCUT2D eigenvalue weighted by Crippen LogP contribution is -2.43. The van der Waals surface area contributed by atoms with Gasteiger partial charge in [-0.2, -0.15) is 13.2 Å². The molecule has 1 aromatic carbocycles. The van der Waals surface area contributed by atoms with E-state index in [1.807, 2.05) is 5.48 Å². The van der Waals surface area contributed by atoms with E-state index in [1.165, 1.54) is 13.2 Å². The molecule has 110 valence electrons. The number of alkyl halides is 3. The van der Waals surface area contributed by atoms with Gasteiger partial charge in [0, 0.05) is 5.56 Å². The van der Waals surface area contributed by atoms with Gasteiger partial charge in [0.25, 0.3) is 5.91 Å². The minimum Gasteiger partial charge on any atom is -0.277 e. The monoisotopic (exact) mass is 291 g/mol. The van der Waals surface area contributed by atoms with E-state index in [0.717, 1.165) is 19.2 Å². The Labute approximate surface area is 112 Å². The molecule has 2 N–H and O–H groups in total. The first-order valence-corrected chi connectivity index (χ1v) is 5.24. The Bertz CT molecular complexity index is 505. The van der Waals surface area contributed by atoms with Gasteiger partial charge in [0.2, 0.25) is 5.96 Å². The Morgan fingerprint density at radius 1 is 1.35 bits per heavy atom. The van der Waals surface area contributed by atoms with E-state index in [4.69, 9.17) is 5.41 Å². The SMILES string of the molecule is CONC(=N)N(OC)C(=O)c1cccc(C(F)(F)F)c1. The molecule has 0 unspecified atom stereocenters. The molecule has 0 saturated heterocycles. The zero-order chi connectivity index (χ0) is 15.3. The van der Waals surface area contributed by atoms with E-state index >= 15 is 0 Å². The van der Waals surface area contributed by atoms with Crippen molar-refractivity contribution >= 4 is 11.9 Å². The molecular weight excluding hydrogens is 279 g/mol. The zero-order valence-corrected chi connectivity index (χ0v) is 10.6. The summed E-state index contributed by atoms with van der Waals surface area (Å²) in [6.45, 7) is 0. The molecule has 1 amide bonds. The second-order valence-corrected chi connectivity index (χ2v) is 3.52. The number of guanidine groups is 1. The maximum Gasteiger partial charge on any atom is 0.416 e. The van der Waals surface area contributed by atoms with Crippen LogP contribution < -0.4 is 5.48 Å². The summed E-state index contributed by atoms with van der Waals surface area (Å²) in [6, 6.07) is 3.79. The second-order valence-electron chi connectivity index (χ2n) is 3.52. The maximum atomic E-state index is 12.6. The molecule has 0 aliphatic heterocycles. The number of nitrogens with zero attached hydrogens (tertiary/aromatic N) is 1. The average Bonchev–Trinajstić information content (AvgIpc) is 2.39. The number of nitrogens with one attached hydrogen (secondary N) is 2. The first-order chi connectivity index (χ1) is 9.31. The summed E-state index contributed by atoms with van der Waals surface area (Å²) in [5.74, 6) is -1.51. The van der Waals surface area contributed by atoms with Crippen LogP contribution >= 0.6 is 0 Å². The number of hydrogen-bond acceptors (Lipinski definition) is 4. The van der Waals surface area contributed by atoms with Gasteiger partial charge in [-0.15, -0.1) is 5.06 Å². The van der Waals surface area contributed by atoms with E-state index in [2.05, 4.69) is 9.68 Å². The van der Waals surface area contributed by atoms with Crippen molar-refractivity contribution in [3.63, 3.8) is 0 Å². The number of carbonyl (C=O) groups is 1. The van der Waals surface area contributed by atoms with Crippen molar-refractivity contribution in [1.82, 2.24) is 10.5 Å². The van der Waals surface area contributed by atoms with E-state index in [0.29, 0.717) is 11.1 Å². The minimum absolute atomic E-state index is 0.274. The minimum atomic E-state index is -4.56. The van der Waals surface area contributed by atoms with Crippen LogP contribution in [0.15, 0.2) is 24.3 Å². The van der Waals surface area contributed by atoms with Crippen LogP contribution in [0.3, 0.4) is 0 Å². The molecule has 9 heteroatoms. The molecule has 0 aliphatic carbocycles. The van der Waals surface area contributed by atoms with Gasteiger partial charge in [-0.3, -0.25) is 19.9 Å². The van der Waals surface area contributed by atoms with Crippen molar-refractivity contribution in [1.29, 1.82) is 5.41 Å². The van der Waals surface area contributed by atoms with Crippen LogP contribution in [0.25, 0.3) is 0 Å². The Hall–Kier alpha value is -2.13. The van der Waals surface area contributed by atoms with Crippen LogP contribution in [0.5, 0.6) is 0 Å². The predicted octanol–water partition coefficient (Wildman–Crippen LogP) is 1.79. The summed E-state index contributed by atoms with van der Waals surface area (Å²) >= 11 is 0. The van der Waals surface area contributed by atoms with Crippen molar-refractivity contribution < 1.29 is 27.6 Å². The zero-order valence-electron chi connectivity index (χ0n) is 10.6. The number of hydroxylamine groups is 3. The van der Waals surface area contributed by atoms with Gasteiger partial charge in [-0.05, 0) is 18.2 Å². The standard InChI is InChI=1S/C11H12F3N3O3/c1-19-16-10(15)17(20-2)9(18)7-4-3-5-8(6-7)11(12,13)14/h3-6H,1-2H3,(H2,15,16). The van der Waals surface area contributed by atoms with E-state index < -0.39 is 23.6 Å². The van der Waals surface area contributed by atoms with Gasteiger partial charge < -0.3 is 0 Å². The first-order valence-electron chi connectivity index (χ1n) is 5.24. The highest BCUT2D eigenvalue weighted by Crippen LogP contribution is 2.29. The number of amides is 1. The highest BCUT2D eigenvalue weighted by atomic mass is 19.4. The van der Waals surface area contributed by atoms with Gasteiger partial charge in [0.15, 0.2) is 0 Å². The molecule has 0 aliphatic rings. The molecule has 6 nitrogen and oxygen atoms in total. The molecule has 0 saturated carbocycles. The van der Waals surface area contributed by atoms with Crippen LogP contribution in [0.1, 0.15) is 15.9 Å². The van der Waals surface area contributed by atoms with Crippen molar-refractivity contribution in [2.75, 3.05) is 14.2 Å². The van der Waals surface area contributed by atoms with E-state index in [-0.39, 0.29) is 5.56 Å². The predicted molar refractivity (Wildman–Crippen MR) is 62.5 cm³/mol. The highest BCUT2D eigenvalue weighted by molar-refractivity contribution is 6.03. The molecule has 0 heterocycles. The van der Waals surface area contributed by atoms with Gasteiger partial charge in [-0.25, -0.2) is 5.48 Å². The average molecular weight is 291 g/mol. The van der Waals surface area contributed by atoms with Crippen LogP contribution in [-0.2, 0) is 15.9 Å². The first kappa shape index (κ1) is 15.9. The largest absolute Gasteiger partial charge is 0.416 e. The molecule has 0 radical (unpaired) electrons. The molecule has 0 spiro atoms. The van der Waals surface area contributed by atoms with Crippen molar-refractivity contribution in [3.05, 3.63) is 35.4 Å². The number of carbonyl (C=O) groups excluding carboxylic acids is 1. The van der Waals surface area contributed by atoms with Gasteiger partial charge in [0.05, 0.1) is 19.8 Å². The van der Waals surface area contributed by atoms with Gasteiger partial charge >= 0.3 is 6.18 Å². The third-order valence-corrected chi connectivity index (χ3v) is 2.21.